The van der Waals surface area contributed by atoms with Crippen LogP contribution in [0.2, 0.25) is 15.2 Å². The first-order chi connectivity index (χ1) is 15.3. The summed E-state index contributed by atoms with van der Waals surface area (Å²) in [5, 5.41) is 4.50. The van der Waals surface area contributed by atoms with Crippen LogP contribution < -0.4 is 5.32 Å². The highest BCUT2D eigenvalue weighted by Crippen LogP contribution is 2.23. The molecule has 2 aromatic carbocycles. The number of rotatable bonds is 8. The van der Waals surface area contributed by atoms with Gasteiger partial charge in [0.05, 0.1) is 16.1 Å². The monoisotopic (exact) mass is 510 g/mol. The van der Waals surface area contributed by atoms with E-state index in [1.165, 1.54) is 12.1 Å². The molecule has 168 valence electrons. The molecule has 0 spiro atoms. The van der Waals surface area contributed by atoms with Crippen molar-refractivity contribution in [3.8, 4) is 0 Å². The standard InChI is InChI=1S/C23H21Cl3N2O3S/c1-13-3-4-14-10-15(21(26)27-20(14)9-13)12-31-23(30)19(7-8-32-2)28-22(29)17-6-5-16(24)11-18(17)25/h3-6,9-11,19H,7-8,12H2,1-2H3,(H,28,29)/t19-/m0/s1. The van der Waals surface area contributed by atoms with Crippen LogP contribution in [-0.2, 0) is 16.1 Å². The summed E-state index contributed by atoms with van der Waals surface area (Å²) in [6, 6.07) is 11.4. The van der Waals surface area contributed by atoms with E-state index >= 15 is 0 Å². The van der Waals surface area contributed by atoms with E-state index in [2.05, 4.69) is 10.3 Å². The van der Waals surface area contributed by atoms with Crippen LogP contribution in [0.4, 0.5) is 0 Å². The molecule has 3 rings (SSSR count). The molecule has 32 heavy (non-hydrogen) atoms. The minimum absolute atomic E-state index is 0.0537. The van der Waals surface area contributed by atoms with Crippen LogP contribution in [0.15, 0.2) is 42.5 Å². The van der Waals surface area contributed by atoms with Crippen molar-refractivity contribution in [2.24, 2.45) is 0 Å². The van der Waals surface area contributed by atoms with Gasteiger partial charge in [0.1, 0.15) is 17.8 Å². The van der Waals surface area contributed by atoms with Gasteiger partial charge in [-0.15, -0.1) is 0 Å². The van der Waals surface area contributed by atoms with E-state index in [1.54, 1.807) is 17.8 Å². The quantitative estimate of drug-likeness (QED) is 0.292. The zero-order valence-corrected chi connectivity index (χ0v) is 20.5. The molecule has 9 heteroatoms. The number of pyridine rings is 1. The summed E-state index contributed by atoms with van der Waals surface area (Å²) in [5.74, 6) is -0.375. The predicted molar refractivity (Wildman–Crippen MR) is 132 cm³/mol. The summed E-state index contributed by atoms with van der Waals surface area (Å²) in [6.07, 6.45) is 2.32. The molecule has 3 aromatic rings. The van der Waals surface area contributed by atoms with Crippen molar-refractivity contribution >= 4 is 69.3 Å². The molecule has 1 heterocycles. The number of amides is 1. The van der Waals surface area contributed by atoms with Crippen molar-refractivity contribution in [1.82, 2.24) is 10.3 Å². The van der Waals surface area contributed by atoms with E-state index in [0.717, 1.165) is 16.5 Å². The third-order valence-corrected chi connectivity index (χ3v) is 6.26. The Bertz CT molecular complexity index is 1160. The number of thioether (sulfide) groups is 1. The molecule has 1 atom stereocenters. The minimum Gasteiger partial charge on any atom is -0.459 e. The molecule has 0 unspecified atom stereocenters. The summed E-state index contributed by atoms with van der Waals surface area (Å²) in [7, 11) is 0. The van der Waals surface area contributed by atoms with Crippen LogP contribution in [0.3, 0.4) is 0 Å². The topological polar surface area (TPSA) is 68.3 Å². The second-order valence-electron chi connectivity index (χ2n) is 7.17. The van der Waals surface area contributed by atoms with Gasteiger partial charge in [0.2, 0.25) is 0 Å². The first kappa shape index (κ1) is 24.6. The van der Waals surface area contributed by atoms with Crippen LogP contribution in [0.25, 0.3) is 10.9 Å². The number of aromatic nitrogens is 1. The summed E-state index contributed by atoms with van der Waals surface area (Å²) in [6.45, 7) is 1.92. The van der Waals surface area contributed by atoms with E-state index in [1.807, 2.05) is 37.4 Å². The highest BCUT2D eigenvalue weighted by atomic mass is 35.5. The van der Waals surface area contributed by atoms with E-state index in [4.69, 9.17) is 39.5 Å². The number of hydrogen-bond acceptors (Lipinski definition) is 5. The number of aryl methyl sites for hydroxylation is 1. The number of carbonyl (C=O) groups is 2. The molecule has 0 aliphatic carbocycles. The van der Waals surface area contributed by atoms with Crippen molar-refractivity contribution in [1.29, 1.82) is 0 Å². The van der Waals surface area contributed by atoms with Gasteiger partial charge in [-0.2, -0.15) is 11.8 Å². The third-order valence-electron chi connectivity index (χ3n) is 4.75. The summed E-state index contributed by atoms with van der Waals surface area (Å²) in [4.78, 5) is 29.8. The van der Waals surface area contributed by atoms with Crippen LogP contribution in [-0.4, -0.2) is 34.9 Å². The number of carbonyl (C=O) groups excluding carboxylic acids is 2. The van der Waals surface area contributed by atoms with E-state index in [9.17, 15) is 9.59 Å². The lowest BCUT2D eigenvalue weighted by Crippen LogP contribution is -2.42. The Kier molecular flexibility index (Phi) is 8.65. The molecule has 0 aliphatic rings. The van der Waals surface area contributed by atoms with Gasteiger partial charge in [-0.3, -0.25) is 4.79 Å². The molecule has 5 nitrogen and oxygen atoms in total. The van der Waals surface area contributed by atoms with Crippen molar-refractivity contribution < 1.29 is 14.3 Å². The third kappa shape index (κ3) is 6.29. The summed E-state index contributed by atoms with van der Waals surface area (Å²) >= 11 is 19.9. The second-order valence-corrected chi connectivity index (χ2v) is 9.36. The molecular weight excluding hydrogens is 491 g/mol. The van der Waals surface area contributed by atoms with E-state index in [-0.39, 0.29) is 22.3 Å². The number of fused-ring (bicyclic) bond motifs is 1. The lowest BCUT2D eigenvalue weighted by atomic mass is 10.1. The maximum absolute atomic E-state index is 12.8. The number of hydrogen-bond donors (Lipinski definition) is 1. The molecule has 0 saturated heterocycles. The van der Waals surface area contributed by atoms with Crippen LogP contribution >= 0.6 is 46.6 Å². The van der Waals surface area contributed by atoms with Crippen molar-refractivity contribution in [3.05, 3.63) is 74.4 Å². The molecule has 1 aromatic heterocycles. The maximum Gasteiger partial charge on any atom is 0.329 e. The van der Waals surface area contributed by atoms with Crippen LogP contribution in [0.5, 0.6) is 0 Å². The smallest absolute Gasteiger partial charge is 0.329 e. The van der Waals surface area contributed by atoms with Crippen molar-refractivity contribution in [3.63, 3.8) is 0 Å². The lowest BCUT2D eigenvalue weighted by Gasteiger charge is -2.18. The van der Waals surface area contributed by atoms with Crippen molar-refractivity contribution in [2.45, 2.75) is 26.0 Å². The Hall–Kier alpha value is -1.99. The van der Waals surface area contributed by atoms with Gasteiger partial charge >= 0.3 is 5.97 Å². The average Bonchev–Trinajstić information content (AvgIpc) is 2.74. The normalized spacial score (nSPS) is 11.9. The number of nitrogens with one attached hydrogen (secondary N) is 1. The predicted octanol–water partition coefficient (Wildman–Crippen LogP) is 6.10. The maximum atomic E-state index is 12.8. The van der Waals surface area contributed by atoms with Crippen LogP contribution in [0.1, 0.15) is 27.9 Å². The Morgan fingerprint density at radius 2 is 1.91 bits per heavy atom. The number of benzene rings is 2. The lowest BCUT2D eigenvalue weighted by molar-refractivity contribution is -0.147. The summed E-state index contributed by atoms with van der Waals surface area (Å²) in [5.41, 5.74) is 2.67. The fourth-order valence-corrected chi connectivity index (χ4v) is 4.21. The zero-order chi connectivity index (χ0) is 23.3. The molecule has 0 aliphatic heterocycles. The fourth-order valence-electron chi connectivity index (χ4n) is 3.04. The van der Waals surface area contributed by atoms with Crippen LogP contribution in [0, 0.1) is 6.92 Å². The molecule has 0 radical (unpaired) electrons. The van der Waals surface area contributed by atoms with Gasteiger partial charge in [0.15, 0.2) is 0 Å². The molecule has 0 saturated carbocycles. The van der Waals surface area contributed by atoms with Gasteiger partial charge in [-0.1, -0.05) is 46.9 Å². The van der Waals surface area contributed by atoms with Crippen molar-refractivity contribution in [2.75, 3.05) is 12.0 Å². The largest absolute Gasteiger partial charge is 0.459 e. The average molecular weight is 512 g/mol. The minimum atomic E-state index is -0.837. The first-order valence-corrected chi connectivity index (χ1v) is 12.3. The summed E-state index contributed by atoms with van der Waals surface area (Å²) < 4.78 is 5.49. The number of halogens is 3. The fraction of sp³-hybridized carbons (Fsp3) is 0.261. The number of esters is 1. The Labute approximate surface area is 205 Å². The second kappa shape index (κ2) is 11.2. The SMILES string of the molecule is CSCC[C@H](NC(=O)c1ccc(Cl)cc1Cl)C(=O)OCc1cc2ccc(C)cc2nc1Cl. The van der Waals surface area contributed by atoms with E-state index in [0.29, 0.717) is 22.8 Å². The van der Waals surface area contributed by atoms with Gasteiger partial charge in [0, 0.05) is 16.0 Å². The molecule has 1 N–H and O–H groups in total. The van der Waals surface area contributed by atoms with Gasteiger partial charge in [-0.25, -0.2) is 9.78 Å². The van der Waals surface area contributed by atoms with E-state index < -0.39 is 17.9 Å². The van der Waals surface area contributed by atoms with Gasteiger partial charge in [0.25, 0.3) is 5.91 Å². The molecule has 1 amide bonds. The first-order valence-electron chi connectivity index (χ1n) is 9.75. The highest BCUT2D eigenvalue weighted by Gasteiger charge is 2.24. The van der Waals surface area contributed by atoms with Gasteiger partial charge in [-0.05, 0) is 61.2 Å². The Morgan fingerprint density at radius 1 is 1.12 bits per heavy atom. The van der Waals surface area contributed by atoms with Gasteiger partial charge < -0.3 is 10.1 Å². The molecule has 0 bridgehead atoms. The zero-order valence-electron chi connectivity index (χ0n) is 17.5. The number of nitrogens with zero attached hydrogens (tertiary/aromatic N) is 1. The Morgan fingerprint density at radius 3 is 2.62 bits per heavy atom. The molecular formula is C23H21Cl3N2O3S. The molecule has 0 fully saturated rings. The highest BCUT2D eigenvalue weighted by molar-refractivity contribution is 7.98. The number of ether oxygens (including phenoxy) is 1. The Balaban J connectivity index is 1.72.